The molecule has 17 heavy (non-hydrogen) atoms. The van der Waals surface area contributed by atoms with Crippen LogP contribution in [-0.4, -0.2) is 25.3 Å². The van der Waals surface area contributed by atoms with Crippen LogP contribution in [0.15, 0.2) is 0 Å². The van der Waals surface area contributed by atoms with Crippen LogP contribution >= 0.6 is 0 Å². The Labute approximate surface area is 108 Å². The quantitative estimate of drug-likeness (QED) is 0.653. The van der Waals surface area contributed by atoms with Crippen molar-refractivity contribution in [3.8, 4) is 0 Å². The highest BCUT2D eigenvalue weighted by Crippen LogP contribution is 2.26. The molecule has 0 amide bonds. The second kappa shape index (κ2) is 8.93. The third-order valence-corrected chi connectivity index (χ3v) is 4.05. The molecule has 1 aliphatic carbocycles. The van der Waals surface area contributed by atoms with Gasteiger partial charge in [0.25, 0.3) is 0 Å². The van der Waals surface area contributed by atoms with E-state index < -0.39 is 0 Å². The molecule has 3 unspecified atom stereocenters. The Morgan fingerprint density at radius 3 is 2.65 bits per heavy atom. The molecule has 0 aromatic heterocycles. The molecule has 0 aromatic rings. The van der Waals surface area contributed by atoms with Gasteiger partial charge in [-0.25, -0.2) is 0 Å². The summed E-state index contributed by atoms with van der Waals surface area (Å²) in [5.41, 5.74) is 0. The standard InChI is InChI=1S/C15H31NO/c1-4-14(16-5-2)10-8-12-17-15-11-7-6-9-13(15)3/h13-16H,4-12H2,1-3H3. The second-order valence-corrected chi connectivity index (χ2v) is 5.48. The maximum Gasteiger partial charge on any atom is 0.0600 e. The number of hydrogen-bond donors (Lipinski definition) is 1. The first-order valence-electron chi connectivity index (χ1n) is 7.62. The third kappa shape index (κ3) is 5.87. The van der Waals surface area contributed by atoms with Crippen LogP contribution in [0, 0.1) is 5.92 Å². The topological polar surface area (TPSA) is 21.3 Å². The summed E-state index contributed by atoms with van der Waals surface area (Å²) in [7, 11) is 0. The van der Waals surface area contributed by atoms with Crippen LogP contribution in [-0.2, 0) is 4.74 Å². The Bertz CT molecular complexity index is 184. The zero-order valence-corrected chi connectivity index (χ0v) is 12.0. The maximum absolute atomic E-state index is 6.04. The molecule has 2 nitrogen and oxygen atoms in total. The van der Waals surface area contributed by atoms with Gasteiger partial charge in [0.15, 0.2) is 0 Å². The van der Waals surface area contributed by atoms with E-state index in [-0.39, 0.29) is 0 Å². The van der Waals surface area contributed by atoms with Crippen LogP contribution in [0.3, 0.4) is 0 Å². The molecule has 0 saturated heterocycles. The first kappa shape index (κ1) is 15.0. The first-order valence-corrected chi connectivity index (χ1v) is 7.62. The lowest BCUT2D eigenvalue weighted by atomic mass is 9.88. The van der Waals surface area contributed by atoms with E-state index in [2.05, 4.69) is 26.1 Å². The molecule has 1 fully saturated rings. The van der Waals surface area contributed by atoms with Crippen molar-refractivity contribution in [2.75, 3.05) is 13.2 Å². The molecule has 1 N–H and O–H groups in total. The molecular formula is C15H31NO. The van der Waals surface area contributed by atoms with Crippen LogP contribution in [0.4, 0.5) is 0 Å². The highest BCUT2D eigenvalue weighted by atomic mass is 16.5. The number of ether oxygens (including phenoxy) is 1. The van der Waals surface area contributed by atoms with E-state index in [1.807, 2.05) is 0 Å². The minimum atomic E-state index is 0.544. The molecule has 0 aliphatic heterocycles. The predicted molar refractivity (Wildman–Crippen MR) is 74.4 cm³/mol. The molecule has 2 heteroatoms. The largest absolute Gasteiger partial charge is 0.378 e. The fraction of sp³-hybridized carbons (Fsp3) is 1.00. The highest BCUT2D eigenvalue weighted by molar-refractivity contribution is 4.72. The summed E-state index contributed by atoms with van der Waals surface area (Å²) in [5.74, 6) is 0.777. The van der Waals surface area contributed by atoms with Crippen LogP contribution in [0.2, 0.25) is 0 Å². The molecule has 1 saturated carbocycles. The van der Waals surface area contributed by atoms with Crippen LogP contribution in [0.25, 0.3) is 0 Å². The van der Waals surface area contributed by atoms with E-state index in [9.17, 15) is 0 Å². The van der Waals surface area contributed by atoms with E-state index in [1.165, 1.54) is 44.9 Å². The van der Waals surface area contributed by atoms with Crippen molar-refractivity contribution in [2.24, 2.45) is 5.92 Å². The van der Waals surface area contributed by atoms with E-state index in [0.717, 1.165) is 19.1 Å². The zero-order valence-electron chi connectivity index (χ0n) is 12.0. The van der Waals surface area contributed by atoms with E-state index in [1.54, 1.807) is 0 Å². The molecule has 102 valence electrons. The van der Waals surface area contributed by atoms with Crippen LogP contribution in [0.1, 0.15) is 65.7 Å². The zero-order chi connectivity index (χ0) is 12.5. The predicted octanol–water partition coefficient (Wildman–Crippen LogP) is 3.75. The van der Waals surface area contributed by atoms with Crippen molar-refractivity contribution in [1.29, 1.82) is 0 Å². The number of nitrogens with one attached hydrogen (secondary N) is 1. The van der Waals surface area contributed by atoms with Crippen LogP contribution < -0.4 is 5.32 Å². The summed E-state index contributed by atoms with van der Waals surface area (Å²) in [4.78, 5) is 0. The average Bonchev–Trinajstić information content (AvgIpc) is 2.35. The van der Waals surface area contributed by atoms with E-state index in [4.69, 9.17) is 4.74 Å². The average molecular weight is 241 g/mol. The molecule has 1 rings (SSSR count). The summed E-state index contributed by atoms with van der Waals surface area (Å²) in [6.07, 6.45) is 9.64. The lowest BCUT2D eigenvalue weighted by Crippen LogP contribution is -2.29. The molecule has 3 atom stereocenters. The number of hydrogen-bond acceptors (Lipinski definition) is 2. The summed E-state index contributed by atoms with van der Waals surface area (Å²) < 4.78 is 6.04. The van der Waals surface area contributed by atoms with Gasteiger partial charge in [-0.3, -0.25) is 0 Å². The Morgan fingerprint density at radius 1 is 1.24 bits per heavy atom. The second-order valence-electron chi connectivity index (χ2n) is 5.48. The van der Waals surface area contributed by atoms with Gasteiger partial charge in [0, 0.05) is 12.6 Å². The molecule has 0 spiro atoms. The van der Waals surface area contributed by atoms with Gasteiger partial charge in [0.05, 0.1) is 6.10 Å². The molecule has 0 aromatic carbocycles. The van der Waals surface area contributed by atoms with Gasteiger partial charge in [0.2, 0.25) is 0 Å². The van der Waals surface area contributed by atoms with Crippen molar-refractivity contribution in [2.45, 2.75) is 77.9 Å². The van der Waals surface area contributed by atoms with E-state index >= 15 is 0 Å². The third-order valence-electron chi connectivity index (χ3n) is 4.05. The molecule has 1 aliphatic rings. The lowest BCUT2D eigenvalue weighted by Gasteiger charge is -2.29. The maximum atomic E-state index is 6.04. The van der Waals surface area contributed by atoms with Gasteiger partial charge in [-0.1, -0.05) is 33.6 Å². The molecular weight excluding hydrogens is 210 g/mol. The lowest BCUT2D eigenvalue weighted by molar-refractivity contribution is -0.00711. The summed E-state index contributed by atoms with van der Waals surface area (Å²) in [6, 6.07) is 0.687. The Hall–Kier alpha value is -0.0800. The van der Waals surface area contributed by atoms with Gasteiger partial charge < -0.3 is 10.1 Å². The van der Waals surface area contributed by atoms with Gasteiger partial charge in [-0.05, 0) is 44.6 Å². The Kier molecular flexibility index (Phi) is 7.87. The Morgan fingerprint density at radius 2 is 2.00 bits per heavy atom. The minimum absolute atomic E-state index is 0.544. The minimum Gasteiger partial charge on any atom is -0.378 e. The normalized spacial score (nSPS) is 27.0. The highest BCUT2D eigenvalue weighted by Gasteiger charge is 2.21. The Balaban J connectivity index is 2.06. The summed E-state index contributed by atoms with van der Waals surface area (Å²) in [5, 5.41) is 3.52. The smallest absolute Gasteiger partial charge is 0.0600 e. The summed E-state index contributed by atoms with van der Waals surface area (Å²) in [6.45, 7) is 8.83. The number of rotatable bonds is 8. The fourth-order valence-electron chi connectivity index (χ4n) is 2.83. The van der Waals surface area contributed by atoms with Crippen molar-refractivity contribution < 1.29 is 4.74 Å². The van der Waals surface area contributed by atoms with Gasteiger partial charge in [-0.15, -0.1) is 0 Å². The van der Waals surface area contributed by atoms with E-state index in [0.29, 0.717) is 12.1 Å². The van der Waals surface area contributed by atoms with Crippen molar-refractivity contribution in [3.05, 3.63) is 0 Å². The van der Waals surface area contributed by atoms with Gasteiger partial charge >= 0.3 is 0 Å². The van der Waals surface area contributed by atoms with Crippen molar-refractivity contribution in [1.82, 2.24) is 5.32 Å². The first-order chi connectivity index (χ1) is 8.27. The van der Waals surface area contributed by atoms with Gasteiger partial charge in [-0.2, -0.15) is 0 Å². The summed E-state index contributed by atoms with van der Waals surface area (Å²) >= 11 is 0. The van der Waals surface area contributed by atoms with Crippen molar-refractivity contribution in [3.63, 3.8) is 0 Å². The van der Waals surface area contributed by atoms with Gasteiger partial charge in [0.1, 0.15) is 0 Å². The van der Waals surface area contributed by atoms with Crippen molar-refractivity contribution >= 4 is 0 Å². The van der Waals surface area contributed by atoms with Crippen LogP contribution in [0.5, 0.6) is 0 Å². The fourth-order valence-corrected chi connectivity index (χ4v) is 2.83. The monoisotopic (exact) mass is 241 g/mol. The molecule has 0 bridgehead atoms. The molecule has 0 radical (unpaired) electrons. The SMILES string of the molecule is CCNC(CC)CCCOC1CCCCC1C. The molecule has 0 heterocycles.